The van der Waals surface area contributed by atoms with E-state index >= 15 is 0 Å². The van der Waals surface area contributed by atoms with Crippen LogP contribution in [0.3, 0.4) is 0 Å². The van der Waals surface area contributed by atoms with Crippen molar-refractivity contribution in [3.63, 3.8) is 0 Å². The van der Waals surface area contributed by atoms with Crippen molar-refractivity contribution >= 4 is 10.0 Å². The minimum absolute atomic E-state index is 0.119. The van der Waals surface area contributed by atoms with Gasteiger partial charge in [-0.2, -0.15) is 0 Å². The molecular weight excluding hydrogens is 300 g/mol. The number of rotatable bonds is 4. The van der Waals surface area contributed by atoms with Crippen molar-refractivity contribution in [1.82, 2.24) is 9.88 Å². The van der Waals surface area contributed by atoms with Crippen molar-refractivity contribution in [2.24, 2.45) is 0 Å². The van der Waals surface area contributed by atoms with Gasteiger partial charge in [-0.15, -0.1) is 0 Å². The molecule has 1 fully saturated rings. The van der Waals surface area contributed by atoms with Crippen LogP contribution in [0.2, 0.25) is 0 Å². The smallest absolute Gasteiger partial charge is 0.246 e. The first-order valence-electron chi connectivity index (χ1n) is 7.54. The fourth-order valence-corrected chi connectivity index (χ4v) is 4.76. The van der Waals surface area contributed by atoms with Crippen LogP contribution in [0.25, 0.3) is 0 Å². The SMILES string of the molecule is Cc1nocc1S(=O)(=O)NC1(c2ccccc2)CCCCC1. The van der Waals surface area contributed by atoms with Crippen molar-refractivity contribution < 1.29 is 12.9 Å². The van der Waals surface area contributed by atoms with Crippen LogP contribution < -0.4 is 4.72 Å². The highest BCUT2D eigenvalue weighted by Gasteiger charge is 2.38. The van der Waals surface area contributed by atoms with Gasteiger partial charge in [0.2, 0.25) is 10.0 Å². The quantitative estimate of drug-likeness (QED) is 0.939. The lowest BCUT2D eigenvalue weighted by Crippen LogP contribution is -2.47. The average Bonchev–Trinajstić information content (AvgIpc) is 2.96. The van der Waals surface area contributed by atoms with Gasteiger partial charge >= 0.3 is 0 Å². The first kappa shape index (κ1) is 15.2. The van der Waals surface area contributed by atoms with E-state index in [0.717, 1.165) is 37.7 Å². The van der Waals surface area contributed by atoms with Crippen LogP contribution in [0.1, 0.15) is 43.4 Å². The molecule has 0 spiro atoms. The van der Waals surface area contributed by atoms with E-state index in [0.29, 0.717) is 5.69 Å². The van der Waals surface area contributed by atoms with E-state index in [1.807, 2.05) is 30.3 Å². The zero-order chi connectivity index (χ0) is 15.6. The van der Waals surface area contributed by atoms with Gasteiger partial charge in [0, 0.05) is 0 Å². The lowest BCUT2D eigenvalue weighted by Gasteiger charge is -2.38. The van der Waals surface area contributed by atoms with Crippen molar-refractivity contribution in [1.29, 1.82) is 0 Å². The zero-order valence-electron chi connectivity index (χ0n) is 12.6. The van der Waals surface area contributed by atoms with Crippen molar-refractivity contribution in [3.05, 3.63) is 47.9 Å². The molecule has 1 heterocycles. The average molecular weight is 320 g/mol. The van der Waals surface area contributed by atoms with Crippen LogP contribution in [-0.2, 0) is 15.6 Å². The molecule has 3 rings (SSSR count). The van der Waals surface area contributed by atoms with Gasteiger partial charge in [0.25, 0.3) is 0 Å². The van der Waals surface area contributed by atoms with Gasteiger partial charge < -0.3 is 4.52 Å². The van der Waals surface area contributed by atoms with Crippen molar-refractivity contribution in [3.8, 4) is 0 Å². The summed E-state index contributed by atoms with van der Waals surface area (Å²) in [5.41, 5.74) is 0.862. The summed E-state index contributed by atoms with van der Waals surface area (Å²) < 4.78 is 33.2. The standard InChI is InChI=1S/C16H20N2O3S/c1-13-15(12-21-17-13)22(19,20)18-16(10-6-3-7-11-16)14-8-4-2-5-9-14/h2,4-5,8-9,12,18H,3,6-7,10-11H2,1H3. The molecule has 0 aliphatic heterocycles. The third-order valence-electron chi connectivity index (χ3n) is 4.36. The normalized spacial score (nSPS) is 18.2. The molecule has 0 radical (unpaired) electrons. The van der Waals surface area contributed by atoms with E-state index in [1.165, 1.54) is 6.26 Å². The van der Waals surface area contributed by atoms with Gasteiger partial charge in [0.15, 0.2) is 0 Å². The third-order valence-corrected chi connectivity index (χ3v) is 5.99. The Hall–Kier alpha value is -1.66. The summed E-state index contributed by atoms with van der Waals surface area (Å²) in [6.07, 6.45) is 5.98. The first-order chi connectivity index (χ1) is 10.5. The lowest BCUT2D eigenvalue weighted by molar-refractivity contribution is 0.273. The van der Waals surface area contributed by atoms with E-state index in [1.54, 1.807) is 6.92 Å². The van der Waals surface area contributed by atoms with E-state index < -0.39 is 15.6 Å². The van der Waals surface area contributed by atoms with Crippen LogP contribution in [0.15, 0.2) is 46.0 Å². The number of hydrogen-bond acceptors (Lipinski definition) is 4. The van der Waals surface area contributed by atoms with Gasteiger partial charge in [-0.25, -0.2) is 13.1 Å². The highest BCUT2D eigenvalue weighted by atomic mass is 32.2. The van der Waals surface area contributed by atoms with E-state index in [9.17, 15) is 8.42 Å². The van der Waals surface area contributed by atoms with Gasteiger partial charge in [-0.05, 0) is 25.3 Å². The Bertz CT molecular complexity index is 732. The molecule has 6 heteroatoms. The van der Waals surface area contributed by atoms with Gasteiger partial charge in [0.05, 0.1) is 5.54 Å². The highest BCUT2D eigenvalue weighted by Crippen LogP contribution is 2.38. The molecule has 0 amide bonds. The number of nitrogens with one attached hydrogen (secondary N) is 1. The molecule has 118 valence electrons. The summed E-state index contributed by atoms with van der Waals surface area (Å²) in [6.45, 7) is 1.63. The molecule has 0 unspecified atom stereocenters. The second-order valence-corrected chi connectivity index (χ2v) is 7.53. The summed E-state index contributed by atoms with van der Waals surface area (Å²) >= 11 is 0. The highest BCUT2D eigenvalue weighted by molar-refractivity contribution is 7.89. The van der Waals surface area contributed by atoms with Crippen LogP contribution in [0.4, 0.5) is 0 Å². The predicted octanol–water partition coefficient (Wildman–Crippen LogP) is 3.12. The van der Waals surface area contributed by atoms with E-state index in [2.05, 4.69) is 9.88 Å². The van der Waals surface area contributed by atoms with E-state index in [-0.39, 0.29) is 4.90 Å². The van der Waals surface area contributed by atoms with Crippen molar-refractivity contribution in [2.45, 2.75) is 49.5 Å². The Morgan fingerprint density at radius 3 is 2.41 bits per heavy atom. The number of benzene rings is 1. The molecule has 0 atom stereocenters. The van der Waals surface area contributed by atoms with Gasteiger partial charge in [0.1, 0.15) is 16.9 Å². The fourth-order valence-electron chi connectivity index (χ4n) is 3.22. The number of aryl methyl sites for hydroxylation is 1. The van der Waals surface area contributed by atoms with Crippen LogP contribution in [-0.4, -0.2) is 13.6 Å². The second-order valence-electron chi connectivity index (χ2n) is 5.88. The van der Waals surface area contributed by atoms with Crippen molar-refractivity contribution in [2.75, 3.05) is 0 Å². The Labute approximate surface area is 130 Å². The number of aromatic nitrogens is 1. The molecule has 5 nitrogen and oxygen atoms in total. The largest absolute Gasteiger partial charge is 0.363 e. The maximum absolute atomic E-state index is 12.7. The Balaban J connectivity index is 2.00. The number of hydrogen-bond donors (Lipinski definition) is 1. The minimum atomic E-state index is -3.66. The molecule has 2 aromatic rings. The molecule has 22 heavy (non-hydrogen) atoms. The topological polar surface area (TPSA) is 72.2 Å². The van der Waals surface area contributed by atoms with Crippen LogP contribution in [0, 0.1) is 6.92 Å². The molecule has 0 bridgehead atoms. The summed E-state index contributed by atoms with van der Waals surface area (Å²) in [5.74, 6) is 0. The molecule has 1 aromatic heterocycles. The Morgan fingerprint density at radius 2 is 1.82 bits per heavy atom. The molecule has 1 aliphatic rings. The molecule has 1 saturated carbocycles. The summed E-state index contributed by atoms with van der Waals surface area (Å²) in [5, 5.41) is 3.68. The molecule has 1 aliphatic carbocycles. The molecule has 1 N–H and O–H groups in total. The molecule has 1 aromatic carbocycles. The second kappa shape index (κ2) is 5.85. The first-order valence-corrected chi connectivity index (χ1v) is 9.02. The maximum atomic E-state index is 12.7. The van der Waals surface area contributed by atoms with Gasteiger partial charge in [-0.1, -0.05) is 54.8 Å². The summed E-state index contributed by atoms with van der Waals surface area (Å²) in [6, 6.07) is 9.83. The minimum Gasteiger partial charge on any atom is -0.363 e. The fraction of sp³-hybridized carbons (Fsp3) is 0.438. The maximum Gasteiger partial charge on any atom is 0.246 e. The third kappa shape index (κ3) is 2.80. The van der Waals surface area contributed by atoms with Crippen LogP contribution >= 0.6 is 0 Å². The zero-order valence-corrected chi connectivity index (χ0v) is 13.4. The Kier molecular flexibility index (Phi) is 4.06. The monoisotopic (exact) mass is 320 g/mol. The summed E-state index contributed by atoms with van der Waals surface area (Å²) in [7, 11) is -3.66. The number of nitrogens with zero attached hydrogens (tertiary/aromatic N) is 1. The summed E-state index contributed by atoms with van der Waals surface area (Å²) in [4.78, 5) is 0.119. The lowest BCUT2D eigenvalue weighted by atomic mass is 9.77. The van der Waals surface area contributed by atoms with E-state index in [4.69, 9.17) is 4.52 Å². The molecule has 0 saturated heterocycles. The van der Waals surface area contributed by atoms with Crippen LogP contribution in [0.5, 0.6) is 0 Å². The molecular formula is C16H20N2O3S. The predicted molar refractivity (Wildman–Crippen MR) is 82.8 cm³/mol. The number of sulfonamides is 1. The van der Waals surface area contributed by atoms with Gasteiger partial charge in [-0.3, -0.25) is 0 Å². The Morgan fingerprint density at radius 1 is 1.14 bits per heavy atom.